The molecule has 30 heavy (non-hydrogen) atoms. The molecule has 2 heterocycles. The molecule has 3 N–H and O–H groups in total. The molecule has 8 heteroatoms. The number of nitrogen functional groups attached to an aromatic ring is 1. The predicted molar refractivity (Wildman–Crippen MR) is 113 cm³/mol. The quantitative estimate of drug-likeness (QED) is 0.466. The molecule has 0 aliphatic carbocycles. The lowest BCUT2D eigenvalue weighted by Crippen LogP contribution is -2.12. The van der Waals surface area contributed by atoms with Gasteiger partial charge in [0.15, 0.2) is 12.4 Å². The molecule has 0 unspecified atom stereocenters. The average molecular weight is 403 g/mol. The molecule has 0 radical (unpaired) electrons. The molecule has 0 aliphatic rings. The number of carbonyl (C=O) groups is 1. The molecular weight excluding hydrogens is 382 g/mol. The number of nitrogens with one attached hydrogen (secondary N) is 1. The maximum absolute atomic E-state index is 12.4. The summed E-state index contributed by atoms with van der Waals surface area (Å²) in [4.78, 5) is 24.7. The van der Waals surface area contributed by atoms with Gasteiger partial charge in [0.05, 0.1) is 12.7 Å². The van der Waals surface area contributed by atoms with Crippen molar-refractivity contribution in [2.75, 3.05) is 11.1 Å². The summed E-state index contributed by atoms with van der Waals surface area (Å²) in [6, 6.07) is 13.4. The number of esters is 1. The number of hydrogen-bond donors (Lipinski definition) is 2. The minimum Gasteiger partial charge on any atom is -0.464 e. The van der Waals surface area contributed by atoms with Crippen LogP contribution in [0.3, 0.4) is 0 Å². The fourth-order valence-corrected chi connectivity index (χ4v) is 3.09. The van der Waals surface area contributed by atoms with Gasteiger partial charge in [0.1, 0.15) is 5.58 Å². The van der Waals surface area contributed by atoms with Crippen LogP contribution in [0.4, 0.5) is 17.6 Å². The Kier molecular flexibility index (Phi) is 5.30. The number of nitrogens with two attached hydrogens (primary N) is 1. The SMILES string of the molecule is Cc1ccc2c(CC(=O)OCc3nc(N)nc(Nc4ccccc4)n3)coc2c1C. The third kappa shape index (κ3) is 4.22. The monoisotopic (exact) mass is 403 g/mol. The van der Waals surface area contributed by atoms with Crippen molar-refractivity contribution in [1.82, 2.24) is 15.0 Å². The van der Waals surface area contributed by atoms with Gasteiger partial charge in [0.25, 0.3) is 0 Å². The number of furan rings is 1. The van der Waals surface area contributed by atoms with E-state index in [2.05, 4.69) is 20.3 Å². The zero-order chi connectivity index (χ0) is 21.1. The van der Waals surface area contributed by atoms with Crippen molar-refractivity contribution in [3.05, 3.63) is 71.2 Å². The van der Waals surface area contributed by atoms with E-state index in [0.29, 0.717) is 0 Å². The van der Waals surface area contributed by atoms with Crippen LogP contribution in [0.5, 0.6) is 0 Å². The summed E-state index contributed by atoms with van der Waals surface area (Å²) < 4.78 is 11.0. The number of ether oxygens (including phenoxy) is 1. The standard InChI is InChI=1S/C22H21N5O3/c1-13-8-9-17-15(11-30-20(17)14(13)2)10-19(28)29-12-18-25-21(23)27-22(26-18)24-16-6-4-3-5-7-16/h3-9,11H,10,12H2,1-2H3,(H3,23,24,25,26,27). The van der Waals surface area contributed by atoms with Crippen molar-refractivity contribution in [1.29, 1.82) is 0 Å². The van der Waals surface area contributed by atoms with E-state index in [1.165, 1.54) is 0 Å². The van der Waals surface area contributed by atoms with E-state index in [1.54, 1.807) is 6.26 Å². The number of hydrogen-bond acceptors (Lipinski definition) is 8. The Morgan fingerprint density at radius 2 is 1.90 bits per heavy atom. The third-order valence-electron chi connectivity index (χ3n) is 4.77. The summed E-state index contributed by atoms with van der Waals surface area (Å²) in [5, 5.41) is 3.95. The molecule has 0 amide bonds. The zero-order valence-corrected chi connectivity index (χ0v) is 16.7. The van der Waals surface area contributed by atoms with Crippen LogP contribution in [0.15, 0.2) is 53.1 Å². The molecule has 4 aromatic rings. The lowest BCUT2D eigenvalue weighted by molar-refractivity contribution is -0.144. The summed E-state index contributed by atoms with van der Waals surface area (Å²) in [6.45, 7) is 3.91. The van der Waals surface area contributed by atoms with Crippen molar-refractivity contribution in [3.8, 4) is 0 Å². The molecule has 0 saturated carbocycles. The largest absolute Gasteiger partial charge is 0.464 e. The highest BCUT2D eigenvalue weighted by molar-refractivity contribution is 5.88. The predicted octanol–water partition coefficient (Wildman–Crippen LogP) is 3.85. The first-order chi connectivity index (χ1) is 14.5. The number of carbonyl (C=O) groups excluding carboxylic acids is 1. The fraction of sp³-hybridized carbons (Fsp3) is 0.182. The summed E-state index contributed by atoms with van der Waals surface area (Å²) in [5.74, 6) is 0.179. The molecule has 0 bridgehead atoms. The fourth-order valence-electron chi connectivity index (χ4n) is 3.09. The molecule has 0 saturated heterocycles. The third-order valence-corrected chi connectivity index (χ3v) is 4.77. The molecule has 0 fully saturated rings. The molecule has 0 aliphatic heterocycles. The van der Waals surface area contributed by atoms with Crippen LogP contribution in [0, 0.1) is 13.8 Å². The van der Waals surface area contributed by atoms with Crippen LogP contribution in [0.2, 0.25) is 0 Å². The van der Waals surface area contributed by atoms with Gasteiger partial charge in [-0.3, -0.25) is 4.79 Å². The highest BCUT2D eigenvalue weighted by Crippen LogP contribution is 2.27. The van der Waals surface area contributed by atoms with Crippen LogP contribution in [-0.2, 0) is 22.6 Å². The molecule has 2 aromatic carbocycles. The van der Waals surface area contributed by atoms with Crippen molar-refractivity contribution >= 4 is 34.5 Å². The van der Waals surface area contributed by atoms with Gasteiger partial charge in [-0.2, -0.15) is 15.0 Å². The lowest BCUT2D eigenvalue weighted by Gasteiger charge is -2.08. The van der Waals surface area contributed by atoms with Crippen LogP contribution < -0.4 is 11.1 Å². The second-order valence-corrected chi connectivity index (χ2v) is 6.91. The first kappa shape index (κ1) is 19.4. The van der Waals surface area contributed by atoms with Crippen LogP contribution >= 0.6 is 0 Å². The normalized spacial score (nSPS) is 10.9. The van der Waals surface area contributed by atoms with E-state index < -0.39 is 5.97 Å². The summed E-state index contributed by atoms with van der Waals surface area (Å²) in [6.07, 6.45) is 1.69. The Balaban J connectivity index is 1.42. The molecule has 8 nitrogen and oxygen atoms in total. The number of benzene rings is 2. The van der Waals surface area contributed by atoms with E-state index in [4.69, 9.17) is 14.9 Å². The van der Waals surface area contributed by atoms with E-state index in [0.717, 1.165) is 33.3 Å². The highest BCUT2D eigenvalue weighted by atomic mass is 16.5. The first-order valence-electron chi connectivity index (χ1n) is 9.44. The number of fused-ring (bicyclic) bond motifs is 1. The van der Waals surface area contributed by atoms with Gasteiger partial charge in [0, 0.05) is 16.6 Å². The molecule has 0 atom stereocenters. The minimum absolute atomic E-state index is 0.0427. The maximum atomic E-state index is 12.4. The van der Waals surface area contributed by atoms with Crippen LogP contribution in [0.1, 0.15) is 22.5 Å². The van der Waals surface area contributed by atoms with Gasteiger partial charge in [-0.15, -0.1) is 0 Å². The highest BCUT2D eigenvalue weighted by Gasteiger charge is 2.15. The number of rotatable bonds is 6. The molecule has 2 aromatic heterocycles. The number of nitrogens with zero attached hydrogens (tertiary/aromatic N) is 3. The van der Waals surface area contributed by atoms with Crippen molar-refractivity contribution < 1.29 is 13.9 Å². The average Bonchev–Trinajstić information content (AvgIpc) is 3.13. The van der Waals surface area contributed by atoms with Gasteiger partial charge in [-0.1, -0.05) is 30.3 Å². The van der Waals surface area contributed by atoms with E-state index >= 15 is 0 Å². The van der Waals surface area contributed by atoms with E-state index in [-0.39, 0.29) is 30.7 Å². The van der Waals surface area contributed by atoms with Crippen molar-refractivity contribution in [2.24, 2.45) is 0 Å². The molecule has 4 rings (SSSR count). The van der Waals surface area contributed by atoms with Crippen LogP contribution in [0.25, 0.3) is 11.0 Å². The summed E-state index contributed by atoms with van der Waals surface area (Å²) in [5.41, 5.74) is 10.3. The van der Waals surface area contributed by atoms with Crippen molar-refractivity contribution in [2.45, 2.75) is 26.9 Å². The number of para-hydroxylation sites is 1. The van der Waals surface area contributed by atoms with Gasteiger partial charge in [0.2, 0.25) is 11.9 Å². The van der Waals surface area contributed by atoms with E-state index in [1.807, 2.05) is 56.3 Å². The Morgan fingerprint density at radius 1 is 1.10 bits per heavy atom. The Labute approximate surface area is 173 Å². The second-order valence-electron chi connectivity index (χ2n) is 6.91. The van der Waals surface area contributed by atoms with Gasteiger partial charge in [-0.25, -0.2) is 0 Å². The number of aryl methyl sites for hydroxylation is 2. The maximum Gasteiger partial charge on any atom is 0.310 e. The lowest BCUT2D eigenvalue weighted by atomic mass is 10.0. The summed E-state index contributed by atoms with van der Waals surface area (Å²) in [7, 11) is 0. The molecule has 0 spiro atoms. The summed E-state index contributed by atoms with van der Waals surface area (Å²) >= 11 is 0. The van der Waals surface area contributed by atoms with Gasteiger partial charge in [-0.05, 0) is 37.1 Å². The Hall–Kier alpha value is -3.94. The number of aromatic nitrogens is 3. The smallest absolute Gasteiger partial charge is 0.310 e. The van der Waals surface area contributed by atoms with Gasteiger partial charge < -0.3 is 20.2 Å². The van der Waals surface area contributed by atoms with Crippen LogP contribution in [-0.4, -0.2) is 20.9 Å². The zero-order valence-electron chi connectivity index (χ0n) is 16.7. The second kappa shape index (κ2) is 8.20. The molecule has 152 valence electrons. The van der Waals surface area contributed by atoms with Crippen molar-refractivity contribution in [3.63, 3.8) is 0 Å². The first-order valence-corrected chi connectivity index (χ1v) is 9.44. The Morgan fingerprint density at radius 3 is 2.70 bits per heavy atom. The van der Waals surface area contributed by atoms with Gasteiger partial charge >= 0.3 is 5.97 Å². The number of anilines is 3. The molecular formula is C22H21N5O3. The minimum atomic E-state index is -0.410. The topological polar surface area (TPSA) is 116 Å². The van der Waals surface area contributed by atoms with E-state index in [9.17, 15) is 4.79 Å². The Bertz CT molecular complexity index is 1200.